The highest BCUT2D eigenvalue weighted by atomic mass is 16.5. The third-order valence-corrected chi connectivity index (χ3v) is 4.32. The van der Waals surface area contributed by atoms with Crippen LogP contribution in [0.2, 0.25) is 0 Å². The lowest BCUT2D eigenvalue weighted by molar-refractivity contribution is -0.150. The van der Waals surface area contributed by atoms with Crippen LogP contribution in [0.5, 0.6) is 0 Å². The van der Waals surface area contributed by atoms with Crippen LogP contribution in [0.1, 0.15) is 86.0 Å². The molecule has 0 saturated carbocycles. The minimum Gasteiger partial charge on any atom is -0.465 e. The Morgan fingerprint density at radius 3 is 2.15 bits per heavy atom. The highest BCUT2D eigenvalue weighted by Gasteiger charge is 2.12. The Labute approximate surface area is 160 Å². The van der Waals surface area contributed by atoms with E-state index < -0.39 is 0 Å². The van der Waals surface area contributed by atoms with Crippen molar-refractivity contribution < 1.29 is 19.1 Å². The van der Waals surface area contributed by atoms with E-state index in [1.165, 1.54) is 11.1 Å². The zero-order valence-electron chi connectivity index (χ0n) is 17.4. The predicted octanol–water partition coefficient (Wildman–Crippen LogP) is 5.76. The second kappa shape index (κ2) is 15.7. The number of ether oxygens (including phenoxy) is 2. The number of rotatable bonds is 14. The van der Waals surface area contributed by atoms with Crippen LogP contribution < -0.4 is 0 Å². The molecule has 0 rings (SSSR count). The summed E-state index contributed by atoms with van der Waals surface area (Å²) in [6, 6.07) is 0. The fourth-order valence-electron chi connectivity index (χ4n) is 2.42. The first-order valence-electron chi connectivity index (χ1n) is 9.99. The standard InChI is InChI=1S/C22H38O4/c1-6-8-12-20(7-2)17-26-22(24)14-13-21(23)25-16-15-19(5)11-9-10-18(3)4/h10,15,20H,6-9,11-14,16-17H2,1-5H3/b19-15+. The van der Waals surface area contributed by atoms with Crippen LogP contribution in [0.4, 0.5) is 0 Å². The highest BCUT2D eigenvalue weighted by molar-refractivity contribution is 5.77. The molecule has 26 heavy (non-hydrogen) atoms. The van der Waals surface area contributed by atoms with E-state index in [1.54, 1.807) is 0 Å². The van der Waals surface area contributed by atoms with Crippen molar-refractivity contribution in [3.8, 4) is 0 Å². The Balaban J connectivity index is 3.89. The Hall–Kier alpha value is -1.58. The molecule has 0 aromatic rings. The fourth-order valence-corrected chi connectivity index (χ4v) is 2.42. The molecule has 0 fully saturated rings. The molecule has 150 valence electrons. The Morgan fingerprint density at radius 2 is 1.58 bits per heavy atom. The number of esters is 2. The van der Waals surface area contributed by atoms with Gasteiger partial charge in [-0.25, -0.2) is 0 Å². The molecule has 0 bridgehead atoms. The predicted molar refractivity (Wildman–Crippen MR) is 107 cm³/mol. The van der Waals surface area contributed by atoms with Crippen molar-refractivity contribution in [1.82, 2.24) is 0 Å². The molecule has 0 heterocycles. The molecular formula is C22H38O4. The molecule has 0 aromatic heterocycles. The molecule has 0 radical (unpaired) electrons. The summed E-state index contributed by atoms with van der Waals surface area (Å²) in [5.41, 5.74) is 2.51. The number of allylic oxidation sites excluding steroid dienone is 3. The van der Waals surface area contributed by atoms with E-state index in [0.717, 1.165) is 38.5 Å². The average molecular weight is 367 g/mol. The van der Waals surface area contributed by atoms with Crippen molar-refractivity contribution in [3.63, 3.8) is 0 Å². The van der Waals surface area contributed by atoms with Gasteiger partial charge >= 0.3 is 11.9 Å². The van der Waals surface area contributed by atoms with Crippen LogP contribution >= 0.6 is 0 Å². The van der Waals surface area contributed by atoms with Crippen LogP contribution in [0.3, 0.4) is 0 Å². The lowest BCUT2D eigenvalue weighted by atomic mass is 10.0. The Bertz CT molecular complexity index is 459. The van der Waals surface area contributed by atoms with E-state index in [9.17, 15) is 9.59 Å². The summed E-state index contributed by atoms with van der Waals surface area (Å²) in [5.74, 6) is -0.246. The largest absolute Gasteiger partial charge is 0.465 e. The molecule has 0 aliphatic heterocycles. The minimum absolute atomic E-state index is 0.0786. The van der Waals surface area contributed by atoms with Gasteiger partial charge in [0.15, 0.2) is 0 Å². The monoisotopic (exact) mass is 366 g/mol. The summed E-state index contributed by atoms with van der Waals surface area (Å²) >= 11 is 0. The minimum atomic E-state index is -0.353. The molecule has 0 saturated heterocycles. The summed E-state index contributed by atoms with van der Waals surface area (Å²) < 4.78 is 10.4. The topological polar surface area (TPSA) is 52.6 Å². The number of hydrogen-bond acceptors (Lipinski definition) is 4. The van der Waals surface area contributed by atoms with Gasteiger partial charge in [-0.1, -0.05) is 50.3 Å². The number of carbonyl (C=O) groups is 2. The van der Waals surface area contributed by atoms with Crippen molar-refractivity contribution in [2.75, 3.05) is 13.2 Å². The van der Waals surface area contributed by atoms with Gasteiger partial charge in [0.25, 0.3) is 0 Å². The number of unbranched alkanes of at least 4 members (excludes halogenated alkanes) is 1. The maximum absolute atomic E-state index is 11.7. The van der Waals surface area contributed by atoms with Gasteiger partial charge in [-0.2, -0.15) is 0 Å². The van der Waals surface area contributed by atoms with Gasteiger partial charge in [0, 0.05) is 0 Å². The van der Waals surface area contributed by atoms with Gasteiger partial charge in [-0.05, 0) is 52.0 Å². The van der Waals surface area contributed by atoms with E-state index in [1.807, 2.05) is 13.0 Å². The second-order valence-corrected chi connectivity index (χ2v) is 7.15. The van der Waals surface area contributed by atoms with Crippen molar-refractivity contribution in [2.45, 2.75) is 86.0 Å². The third kappa shape index (κ3) is 14.7. The van der Waals surface area contributed by atoms with E-state index in [2.05, 4.69) is 33.8 Å². The van der Waals surface area contributed by atoms with Crippen molar-refractivity contribution >= 4 is 11.9 Å². The van der Waals surface area contributed by atoms with E-state index in [-0.39, 0.29) is 31.4 Å². The molecule has 1 atom stereocenters. The molecule has 0 aromatic carbocycles. The lowest BCUT2D eigenvalue weighted by Gasteiger charge is -2.14. The first-order valence-corrected chi connectivity index (χ1v) is 9.99. The summed E-state index contributed by atoms with van der Waals surface area (Å²) in [7, 11) is 0. The van der Waals surface area contributed by atoms with Gasteiger partial charge < -0.3 is 9.47 Å². The van der Waals surface area contributed by atoms with Crippen LogP contribution in [0.15, 0.2) is 23.3 Å². The molecule has 1 unspecified atom stereocenters. The molecule has 0 N–H and O–H groups in total. The average Bonchev–Trinajstić information content (AvgIpc) is 2.59. The summed E-state index contributed by atoms with van der Waals surface area (Å²) in [6.07, 6.45) is 10.7. The summed E-state index contributed by atoms with van der Waals surface area (Å²) in [5, 5.41) is 0. The first kappa shape index (κ1) is 24.4. The quantitative estimate of drug-likeness (QED) is 0.289. The second-order valence-electron chi connectivity index (χ2n) is 7.15. The SMILES string of the molecule is CCCCC(CC)COC(=O)CCC(=O)OC/C=C(\C)CCC=C(C)C. The number of hydrogen-bond donors (Lipinski definition) is 0. The summed E-state index contributed by atoms with van der Waals surface area (Å²) in [4.78, 5) is 23.4. The molecule has 4 nitrogen and oxygen atoms in total. The highest BCUT2D eigenvalue weighted by Crippen LogP contribution is 2.13. The molecule has 0 spiro atoms. The maximum atomic E-state index is 11.7. The van der Waals surface area contributed by atoms with Gasteiger partial charge in [0.2, 0.25) is 0 Å². The van der Waals surface area contributed by atoms with E-state index in [4.69, 9.17) is 9.47 Å². The van der Waals surface area contributed by atoms with E-state index >= 15 is 0 Å². The van der Waals surface area contributed by atoms with Gasteiger partial charge in [0.1, 0.15) is 6.61 Å². The smallest absolute Gasteiger partial charge is 0.306 e. The lowest BCUT2D eigenvalue weighted by Crippen LogP contribution is -2.15. The zero-order valence-corrected chi connectivity index (χ0v) is 17.4. The van der Waals surface area contributed by atoms with E-state index in [0.29, 0.717) is 12.5 Å². The first-order chi connectivity index (χ1) is 12.4. The normalized spacial score (nSPS) is 12.4. The Kier molecular flexibility index (Phi) is 14.7. The summed E-state index contributed by atoms with van der Waals surface area (Å²) in [6.45, 7) is 11.2. The van der Waals surface area contributed by atoms with Crippen molar-refractivity contribution in [1.29, 1.82) is 0 Å². The molecule has 4 heteroatoms. The molecule has 0 aliphatic carbocycles. The Morgan fingerprint density at radius 1 is 0.923 bits per heavy atom. The van der Waals surface area contributed by atoms with Crippen molar-refractivity contribution in [3.05, 3.63) is 23.3 Å². The van der Waals surface area contributed by atoms with Gasteiger partial charge in [-0.15, -0.1) is 0 Å². The van der Waals surface area contributed by atoms with Crippen LogP contribution in [-0.2, 0) is 19.1 Å². The third-order valence-electron chi connectivity index (χ3n) is 4.32. The van der Waals surface area contributed by atoms with Gasteiger partial charge in [0.05, 0.1) is 19.4 Å². The molecule has 0 amide bonds. The fraction of sp³-hybridized carbons (Fsp3) is 0.727. The molecule has 0 aliphatic rings. The number of carbonyl (C=O) groups excluding carboxylic acids is 2. The van der Waals surface area contributed by atoms with Crippen LogP contribution in [0, 0.1) is 5.92 Å². The maximum Gasteiger partial charge on any atom is 0.306 e. The van der Waals surface area contributed by atoms with Crippen LogP contribution in [0.25, 0.3) is 0 Å². The van der Waals surface area contributed by atoms with Gasteiger partial charge in [-0.3, -0.25) is 9.59 Å². The van der Waals surface area contributed by atoms with Crippen LogP contribution in [-0.4, -0.2) is 25.2 Å². The molecular weight excluding hydrogens is 328 g/mol. The van der Waals surface area contributed by atoms with Crippen molar-refractivity contribution in [2.24, 2.45) is 5.92 Å². The zero-order chi connectivity index (χ0) is 19.8.